The number of non-ortho nitro benzene ring substituents is 1. The van der Waals surface area contributed by atoms with E-state index in [9.17, 15) is 14.9 Å². The van der Waals surface area contributed by atoms with Crippen molar-refractivity contribution in [2.45, 2.75) is 18.9 Å². The van der Waals surface area contributed by atoms with Crippen molar-refractivity contribution in [2.24, 2.45) is 0 Å². The second-order valence-corrected chi connectivity index (χ2v) is 6.92. The molecule has 1 aliphatic rings. The van der Waals surface area contributed by atoms with Gasteiger partial charge < -0.3 is 19.1 Å². The molecule has 0 saturated carbocycles. The number of likely N-dealkylation sites (tertiary alicyclic amines) is 1. The van der Waals surface area contributed by atoms with Crippen molar-refractivity contribution in [1.82, 2.24) is 4.90 Å². The van der Waals surface area contributed by atoms with E-state index in [0.717, 1.165) is 18.4 Å². The molecule has 8 nitrogen and oxygen atoms in total. The Balaban J connectivity index is 1.73. The van der Waals surface area contributed by atoms with Crippen molar-refractivity contribution in [3.63, 3.8) is 0 Å². The summed E-state index contributed by atoms with van der Waals surface area (Å²) in [6, 6.07) is 9.23. The monoisotopic (exact) mass is 420 g/mol. The smallest absolute Gasteiger partial charge is 0.271 e. The van der Waals surface area contributed by atoms with E-state index in [2.05, 4.69) is 0 Å². The van der Waals surface area contributed by atoms with Crippen LogP contribution in [0.3, 0.4) is 0 Å². The summed E-state index contributed by atoms with van der Waals surface area (Å²) in [5.41, 5.74) is 0.740. The zero-order valence-corrected chi connectivity index (χ0v) is 16.8. The molecule has 154 valence electrons. The molecule has 9 heteroatoms. The maximum Gasteiger partial charge on any atom is 0.271 e. The number of benzene rings is 2. The van der Waals surface area contributed by atoms with Crippen LogP contribution in [0.1, 0.15) is 24.4 Å². The highest BCUT2D eigenvalue weighted by atomic mass is 35.5. The predicted molar refractivity (Wildman–Crippen MR) is 107 cm³/mol. The molecule has 3 rings (SSSR count). The molecule has 0 radical (unpaired) electrons. The van der Waals surface area contributed by atoms with Crippen LogP contribution in [0.4, 0.5) is 5.69 Å². The second-order valence-electron chi connectivity index (χ2n) is 6.51. The van der Waals surface area contributed by atoms with Gasteiger partial charge in [0, 0.05) is 24.2 Å². The molecule has 0 spiro atoms. The van der Waals surface area contributed by atoms with E-state index in [-0.39, 0.29) is 35.0 Å². The van der Waals surface area contributed by atoms with Gasteiger partial charge in [0.05, 0.1) is 30.2 Å². The Morgan fingerprint density at radius 2 is 1.97 bits per heavy atom. The number of ether oxygens (including phenoxy) is 3. The number of hydrogen-bond donors (Lipinski definition) is 0. The predicted octanol–water partition coefficient (Wildman–Crippen LogP) is 4.01. The van der Waals surface area contributed by atoms with Crippen LogP contribution in [0.25, 0.3) is 0 Å². The van der Waals surface area contributed by atoms with E-state index >= 15 is 0 Å². The van der Waals surface area contributed by atoms with Gasteiger partial charge in [-0.3, -0.25) is 14.9 Å². The van der Waals surface area contributed by atoms with Gasteiger partial charge in [-0.15, -0.1) is 0 Å². The fourth-order valence-electron chi connectivity index (χ4n) is 3.43. The maximum atomic E-state index is 12.8. The van der Waals surface area contributed by atoms with Crippen molar-refractivity contribution >= 4 is 23.2 Å². The fourth-order valence-corrected chi connectivity index (χ4v) is 3.66. The minimum atomic E-state index is -0.544. The third-order valence-electron chi connectivity index (χ3n) is 4.85. The number of nitro groups is 1. The van der Waals surface area contributed by atoms with Gasteiger partial charge in [0.2, 0.25) is 0 Å². The van der Waals surface area contributed by atoms with E-state index in [1.54, 1.807) is 19.1 Å². The molecular formula is C20H21ClN2O6. The summed E-state index contributed by atoms with van der Waals surface area (Å²) in [6.07, 6.45) is 1.66. The zero-order chi connectivity index (χ0) is 21.0. The molecule has 0 aromatic heterocycles. The van der Waals surface area contributed by atoms with E-state index in [1.165, 1.54) is 18.2 Å². The number of nitrogens with zero attached hydrogens (tertiary/aromatic N) is 2. The molecular weight excluding hydrogens is 400 g/mol. The average Bonchev–Trinajstić information content (AvgIpc) is 3.21. The molecule has 2 aromatic carbocycles. The number of amides is 1. The number of methoxy groups -OCH3 is 2. The molecule has 29 heavy (non-hydrogen) atoms. The SMILES string of the molecule is COc1ccc(OC)c(C2CCCN2C(=O)COc2ccc([N+](=O)[O-])cc2Cl)c1. The van der Waals surface area contributed by atoms with Crippen LogP contribution in [0.5, 0.6) is 17.2 Å². The number of halogens is 1. The van der Waals surface area contributed by atoms with E-state index in [1.807, 2.05) is 18.2 Å². The van der Waals surface area contributed by atoms with Gasteiger partial charge in [-0.05, 0) is 37.1 Å². The second kappa shape index (κ2) is 9.00. The summed E-state index contributed by atoms with van der Waals surface area (Å²) in [5, 5.41) is 10.9. The normalized spacial score (nSPS) is 15.8. The molecule has 1 unspecified atom stereocenters. The van der Waals surface area contributed by atoms with Crippen LogP contribution in [-0.4, -0.2) is 43.1 Å². The molecule has 0 aliphatic carbocycles. The molecule has 1 amide bonds. The number of rotatable bonds is 7. The lowest BCUT2D eigenvalue weighted by atomic mass is 10.0. The first-order valence-electron chi connectivity index (χ1n) is 9.02. The minimum Gasteiger partial charge on any atom is -0.497 e. The molecule has 1 saturated heterocycles. The Labute approximate surface area is 173 Å². The quantitative estimate of drug-likeness (QED) is 0.496. The van der Waals surface area contributed by atoms with Crippen molar-refractivity contribution < 1.29 is 23.9 Å². The van der Waals surface area contributed by atoms with Gasteiger partial charge in [0.1, 0.15) is 17.2 Å². The summed E-state index contributed by atoms with van der Waals surface area (Å²) in [6.45, 7) is 0.377. The molecule has 1 atom stereocenters. The summed E-state index contributed by atoms with van der Waals surface area (Å²) in [7, 11) is 3.18. The molecule has 1 aliphatic heterocycles. The lowest BCUT2D eigenvalue weighted by Crippen LogP contribution is -2.34. The van der Waals surface area contributed by atoms with Crippen LogP contribution >= 0.6 is 11.6 Å². The Kier molecular flexibility index (Phi) is 6.43. The Bertz CT molecular complexity index is 920. The lowest BCUT2D eigenvalue weighted by Gasteiger charge is -2.26. The topological polar surface area (TPSA) is 91.1 Å². The van der Waals surface area contributed by atoms with Gasteiger partial charge >= 0.3 is 0 Å². The molecule has 0 bridgehead atoms. The Morgan fingerprint density at radius 1 is 1.21 bits per heavy atom. The van der Waals surface area contributed by atoms with Crippen molar-refractivity contribution in [3.8, 4) is 17.2 Å². The van der Waals surface area contributed by atoms with E-state index < -0.39 is 4.92 Å². The van der Waals surface area contributed by atoms with Crippen molar-refractivity contribution in [2.75, 3.05) is 27.4 Å². The molecule has 1 fully saturated rings. The largest absolute Gasteiger partial charge is 0.497 e. The summed E-state index contributed by atoms with van der Waals surface area (Å²) < 4.78 is 16.3. The van der Waals surface area contributed by atoms with E-state index in [0.29, 0.717) is 18.0 Å². The standard InChI is InChI=1S/C20H21ClN2O6/c1-27-14-6-8-18(28-2)15(11-14)17-4-3-9-22(17)20(24)12-29-19-7-5-13(23(25)26)10-16(19)21/h5-8,10-11,17H,3-4,9,12H2,1-2H3. The highest BCUT2D eigenvalue weighted by molar-refractivity contribution is 6.32. The summed E-state index contributed by atoms with van der Waals surface area (Å²) in [4.78, 5) is 24.8. The van der Waals surface area contributed by atoms with Gasteiger partial charge in [0.25, 0.3) is 11.6 Å². The molecule has 1 heterocycles. The lowest BCUT2D eigenvalue weighted by molar-refractivity contribution is -0.384. The average molecular weight is 421 g/mol. The number of carbonyl (C=O) groups is 1. The molecule has 0 N–H and O–H groups in total. The van der Waals surface area contributed by atoms with Gasteiger partial charge in [-0.2, -0.15) is 0 Å². The van der Waals surface area contributed by atoms with Gasteiger partial charge in [-0.25, -0.2) is 0 Å². The number of carbonyl (C=O) groups excluding carboxylic acids is 1. The summed E-state index contributed by atoms with van der Waals surface area (Å²) >= 11 is 6.03. The molecule has 2 aromatic rings. The fraction of sp³-hybridized carbons (Fsp3) is 0.350. The first-order chi connectivity index (χ1) is 13.9. The van der Waals surface area contributed by atoms with Crippen LogP contribution < -0.4 is 14.2 Å². The number of nitro benzene ring substituents is 1. The minimum absolute atomic E-state index is 0.0828. The first kappa shape index (κ1) is 20.7. The Morgan fingerprint density at radius 3 is 2.62 bits per heavy atom. The van der Waals surface area contributed by atoms with Gasteiger partial charge in [0.15, 0.2) is 6.61 Å². The first-order valence-corrected chi connectivity index (χ1v) is 9.40. The highest BCUT2D eigenvalue weighted by Crippen LogP contribution is 2.39. The van der Waals surface area contributed by atoms with E-state index in [4.69, 9.17) is 25.8 Å². The van der Waals surface area contributed by atoms with Gasteiger partial charge in [-0.1, -0.05) is 11.6 Å². The number of hydrogen-bond acceptors (Lipinski definition) is 6. The highest BCUT2D eigenvalue weighted by Gasteiger charge is 2.32. The maximum absolute atomic E-state index is 12.8. The summed E-state index contributed by atoms with van der Waals surface area (Å²) in [5.74, 6) is 1.40. The van der Waals surface area contributed by atoms with Crippen LogP contribution in [0.2, 0.25) is 5.02 Å². The third kappa shape index (κ3) is 4.54. The third-order valence-corrected chi connectivity index (χ3v) is 5.14. The van der Waals surface area contributed by atoms with Crippen LogP contribution in [0, 0.1) is 10.1 Å². The Hall–Kier alpha value is -3.00. The zero-order valence-electron chi connectivity index (χ0n) is 16.1. The van der Waals surface area contributed by atoms with Crippen molar-refractivity contribution in [1.29, 1.82) is 0 Å². The van der Waals surface area contributed by atoms with Crippen molar-refractivity contribution in [3.05, 3.63) is 57.1 Å². The van der Waals surface area contributed by atoms with Crippen LogP contribution in [0.15, 0.2) is 36.4 Å². The van der Waals surface area contributed by atoms with Crippen LogP contribution in [-0.2, 0) is 4.79 Å².